The van der Waals surface area contributed by atoms with Crippen molar-refractivity contribution in [2.24, 2.45) is 0 Å². The Morgan fingerprint density at radius 2 is 1.87 bits per heavy atom. The second kappa shape index (κ2) is 10.4. The molecule has 0 saturated carbocycles. The van der Waals surface area contributed by atoms with Gasteiger partial charge in [0.25, 0.3) is 0 Å². The molecule has 1 fully saturated rings. The number of halogens is 3. The summed E-state index contributed by atoms with van der Waals surface area (Å²) in [4.78, 5) is 36.7. The van der Waals surface area contributed by atoms with Crippen LogP contribution in [0.2, 0.25) is 5.28 Å². The van der Waals surface area contributed by atoms with Crippen molar-refractivity contribution in [2.75, 3.05) is 11.9 Å². The Morgan fingerprint density at radius 1 is 1.15 bits per heavy atom. The van der Waals surface area contributed by atoms with Gasteiger partial charge in [-0.05, 0) is 35.6 Å². The van der Waals surface area contributed by atoms with Crippen LogP contribution in [0.25, 0.3) is 11.2 Å². The lowest BCUT2D eigenvalue weighted by molar-refractivity contribution is -0.0551. The van der Waals surface area contributed by atoms with Gasteiger partial charge in [-0.3, -0.25) is 9.13 Å². The van der Waals surface area contributed by atoms with E-state index in [4.69, 9.17) is 39.5 Å². The molecule has 5 rings (SSSR count). The lowest BCUT2D eigenvalue weighted by Crippen LogP contribution is -2.34. The summed E-state index contributed by atoms with van der Waals surface area (Å²) in [6.45, 7) is -0.931. The summed E-state index contributed by atoms with van der Waals surface area (Å²) in [5.74, 6) is 0.282. The summed E-state index contributed by atoms with van der Waals surface area (Å²) in [5.41, 5.74) is 2.56. The number of alkyl halides is 2. The molecule has 212 valence electrons. The van der Waals surface area contributed by atoms with Crippen LogP contribution in [0.1, 0.15) is 29.8 Å². The first-order valence-corrected chi connectivity index (χ1v) is 15.6. The second-order valence-corrected chi connectivity index (χ2v) is 15.7. The summed E-state index contributed by atoms with van der Waals surface area (Å²) >= 11 is 17.0. The van der Waals surface area contributed by atoms with E-state index in [1.165, 1.54) is 5.56 Å². The highest BCUT2D eigenvalue weighted by atomic mass is 35.5. The molecule has 0 spiro atoms. The Balaban J connectivity index is 1.37. The average molecular weight is 646 g/mol. The van der Waals surface area contributed by atoms with E-state index in [0.717, 1.165) is 23.1 Å². The van der Waals surface area contributed by atoms with E-state index in [0.29, 0.717) is 0 Å². The number of aromatic nitrogens is 5. The SMILES string of the molecule is O=P(O)(O)C(Cl)(Cl)P(=O)(O)OC[C@H]1O[C@@H](n2nnc3c(N[C@@H]4CCc5ccccc54)nc(Cl)nc32)[C@H](O)[C@@H]1O. The second-order valence-electron chi connectivity index (χ2n) is 8.90. The number of anilines is 1. The van der Waals surface area contributed by atoms with Crippen LogP contribution in [0.15, 0.2) is 24.3 Å². The van der Waals surface area contributed by atoms with Crippen LogP contribution in [0.4, 0.5) is 5.82 Å². The summed E-state index contributed by atoms with van der Waals surface area (Å²) in [6, 6.07) is 7.87. The van der Waals surface area contributed by atoms with Crippen LogP contribution >= 0.6 is 50.0 Å². The van der Waals surface area contributed by atoms with E-state index in [2.05, 4.69) is 30.1 Å². The van der Waals surface area contributed by atoms with Gasteiger partial charge in [-0.15, -0.1) is 5.10 Å². The van der Waals surface area contributed by atoms with Gasteiger partial charge in [0.2, 0.25) is 5.28 Å². The number of aliphatic hydroxyl groups excluding tert-OH is 2. The highest BCUT2D eigenvalue weighted by Crippen LogP contribution is 2.76. The number of benzene rings is 1. The topological polar surface area (TPSA) is 222 Å². The monoisotopic (exact) mass is 644 g/mol. The highest BCUT2D eigenvalue weighted by Gasteiger charge is 2.60. The van der Waals surface area contributed by atoms with Crippen molar-refractivity contribution in [1.82, 2.24) is 25.0 Å². The van der Waals surface area contributed by atoms with Gasteiger partial charge in [-0.25, -0.2) is 0 Å². The molecule has 6 N–H and O–H groups in total. The number of aliphatic hydroxyl groups is 2. The maximum absolute atomic E-state index is 12.3. The van der Waals surface area contributed by atoms with Gasteiger partial charge in [0.05, 0.1) is 12.6 Å². The number of rotatable bonds is 8. The van der Waals surface area contributed by atoms with E-state index >= 15 is 0 Å². The lowest BCUT2D eigenvalue weighted by atomic mass is 10.1. The minimum Gasteiger partial charge on any atom is -0.387 e. The molecule has 20 heteroatoms. The molecule has 39 heavy (non-hydrogen) atoms. The normalized spacial score (nSPS) is 27.0. The largest absolute Gasteiger partial charge is 0.387 e. The molecule has 1 aromatic carbocycles. The Morgan fingerprint density at radius 3 is 2.59 bits per heavy atom. The molecule has 0 bridgehead atoms. The van der Waals surface area contributed by atoms with Crippen molar-refractivity contribution in [3.8, 4) is 0 Å². The number of ether oxygens (including phenoxy) is 1. The summed E-state index contributed by atoms with van der Waals surface area (Å²) in [7, 11) is -10.9. The van der Waals surface area contributed by atoms with Crippen molar-refractivity contribution >= 4 is 67.0 Å². The highest BCUT2D eigenvalue weighted by molar-refractivity contribution is 7.78. The number of nitrogens with one attached hydrogen (secondary N) is 1. The van der Waals surface area contributed by atoms with Crippen molar-refractivity contribution < 1.29 is 43.3 Å². The molecule has 3 aromatic rings. The first-order valence-electron chi connectivity index (χ1n) is 11.3. The van der Waals surface area contributed by atoms with E-state index < -0.39 is 50.2 Å². The zero-order valence-electron chi connectivity index (χ0n) is 19.5. The van der Waals surface area contributed by atoms with Crippen molar-refractivity contribution in [1.29, 1.82) is 0 Å². The van der Waals surface area contributed by atoms with Crippen LogP contribution < -0.4 is 5.32 Å². The molecule has 1 aliphatic heterocycles. The van der Waals surface area contributed by atoms with Crippen molar-refractivity contribution in [3.05, 3.63) is 40.7 Å². The Labute approximate surface area is 234 Å². The zero-order chi connectivity index (χ0) is 28.3. The van der Waals surface area contributed by atoms with Crippen LogP contribution in [0.5, 0.6) is 0 Å². The number of hydrogen-bond donors (Lipinski definition) is 6. The third-order valence-corrected chi connectivity index (χ3v) is 12.6. The van der Waals surface area contributed by atoms with Crippen LogP contribution in [-0.4, -0.2) is 78.6 Å². The standard InChI is InChI=1S/C19H21Cl3N6O9P2/c20-18-24-15(23-10-6-5-8-3-1-2-4-9(8)10)12-16(25-18)28(27-26-12)17-14(30)13(29)11(37-17)7-36-39(34,35)19(21,22)38(31,32)33/h1-4,10-11,13-14,17,29-30H,5-7H2,(H,34,35)(H,23,24,25)(H2,31,32,33)/t10-,11-,13-,14-,17-/m1/s1. The molecular formula is C19H21Cl3N6O9P2. The van der Waals surface area contributed by atoms with Gasteiger partial charge in [0.15, 0.2) is 23.2 Å². The van der Waals surface area contributed by atoms with E-state index in [1.807, 2.05) is 24.3 Å². The molecule has 3 heterocycles. The molecular weight excluding hydrogens is 625 g/mol. The quantitative estimate of drug-likeness (QED) is 0.117. The summed E-state index contributed by atoms with van der Waals surface area (Å²) in [5, 5.41) is 32.3. The fraction of sp³-hybridized carbons (Fsp3) is 0.474. The molecule has 1 aliphatic carbocycles. The molecule has 0 amide bonds. The van der Waals surface area contributed by atoms with E-state index in [1.54, 1.807) is 0 Å². The van der Waals surface area contributed by atoms with E-state index in [-0.39, 0.29) is 28.3 Å². The average Bonchev–Trinajstić information content (AvgIpc) is 3.54. The molecule has 1 saturated heterocycles. The van der Waals surface area contributed by atoms with Crippen LogP contribution in [0, 0.1) is 0 Å². The van der Waals surface area contributed by atoms with Gasteiger partial charge >= 0.3 is 19.0 Å². The fourth-order valence-electron chi connectivity index (χ4n) is 4.43. The number of hydrogen-bond acceptors (Lipinski definition) is 11. The third-order valence-electron chi connectivity index (χ3n) is 6.42. The minimum atomic E-state index is -5.51. The maximum Gasteiger partial charge on any atom is 0.376 e. The Kier molecular flexibility index (Phi) is 7.77. The number of fused-ring (bicyclic) bond motifs is 2. The predicted octanol–water partition coefficient (Wildman–Crippen LogP) is 2.06. The lowest BCUT2D eigenvalue weighted by Gasteiger charge is -2.26. The van der Waals surface area contributed by atoms with Gasteiger partial charge in [-0.1, -0.05) is 52.7 Å². The van der Waals surface area contributed by atoms with Crippen molar-refractivity contribution in [3.63, 3.8) is 0 Å². The zero-order valence-corrected chi connectivity index (χ0v) is 23.5. The van der Waals surface area contributed by atoms with Crippen LogP contribution in [-0.2, 0) is 24.8 Å². The molecule has 1 unspecified atom stereocenters. The Bertz CT molecular complexity index is 1510. The van der Waals surface area contributed by atoms with Gasteiger partial charge in [0, 0.05) is 0 Å². The fourth-order valence-corrected chi connectivity index (χ4v) is 6.89. The smallest absolute Gasteiger partial charge is 0.376 e. The Hall–Kier alpha value is -1.45. The molecule has 2 aromatic heterocycles. The molecule has 6 atom stereocenters. The van der Waals surface area contributed by atoms with Gasteiger partial charge in [-0.2, -0.15) is 14.6 Å². The maximum atomic E-state index is 12.3. The third kappa shape index (κ3) is 5.21. The minimum absolute atomic E-state index is 0.0523. The molecule has 0 radical (unpaired) electrons. The summed E-state index contributed by atoms with van der Waals surface area (Å²) < 4.78 is 31.6. The number of nitrogens with zero attached hydrogens (tertiary/aromatic N) is 5. The van der Waals surface area contributed by atoms with Gasteiger partial charge < -0.3 is 39.5 Å². The van der Waals surface area contributed by atoms with Crippen molar-refractivity contribution in [2.45, 2.75) is 47.2 Å². The summed E-state index contributed by atoms with van der Waals surface area (Å²) in [6.07, 6.45) is -4.58. The predicted molar refractivity (Wildman–Crippen MR) is 137 cm³/mol. The van der Waals surface area contributed by atoms with E-state index in [9.17, 15) is 34.0 Å². The first kappa shape index (κ1) is 29.1. The number of aryl methyl sites for hydroxylation is 1. The van der Waals surface area contributed by atoms with Crippen LogP contribution in [0.3, 0.4) is 0 Å². The van der Waals surface area contributed by atoms with Gasteiger partial charge in [0.1, 0.15) is 18.3 Å². The molecule has 15 nitrogen and oxygen atoms in total. The first-order chi connectivity index (χ1) is 18.2. The molecule has 2 aliphatic rings.